The molecule has 0 saturated carbocycles. The second-order valence-electron chi connectivity index (χ2n) is 5.48. The third kappa shape index (κ3) is 4.78. The Balaban J connectivity index is 2.42. The van der Waals surface area contributed by atoms with Crippen LogP contribution in [0.2, 0.25) is 0 Å². The second-order valence-corrected chi connectivity index (χ2v) is 5.48. The molecule has 0 aliphatic heterocycles. The van der Waals surface area contributed by atoms with Gasteiger partial charge in [0.25, 0.3) is 0 Å². The Kier molecular flexibility index (Phi) is 5.20. The zero-order chi connectivity index (χ0) is 13.6. The average Bonchev–Trinajstić information content (AvgIpc) is 2.29. The number of benzene rings is 1. The van der Waals surface area contributed by atoms with Crippen LogP contribution >= 0.6 is 0 Å². The number of amides is 2. The van der Waals surface area contributed by atoms with E-state index in [1.165, 1.54) is 11.1 Å². The normalized spacial score (nSPS) is 11.1. The van der Waals surface area contributed by atoms with Gasteiger partial charge in [0.1, 0.15) is 0 Å². The van der Waals surface area contributed by atoms with Crippen LogP contribution in [0.3, 0.4) is 0 Å². The Bertz CT molecular complexity index is 376. The van der Waals surface area contributed by atoms with Crippen LogP contribution in [-0.2, 0) is 11.8 Å². The summed E-state index contributed by atoms with van der Waals surface area (Å²) < 4.78 is 0. The zero-order valence-electron chi connectivity index (χ0n) is 11.8. The van der Waals surface area contributed by atoms with Crippen molar-refractivity contribution in [2.45, 2.75) is 39.5 Å². The molecular formula is C15H24N2O. The highest BCUT2D eigenvalue weighted by atomic mass is 16.2. The predicted octanol–water partition coefficient (Wildman–Crippen LogP) is 2.85. The van der Waals surface area contributed by atoms with E-state index < -0.39 is 0 Å². The molecule has 100 valence electrons. The molecule has 0 aliphatic rings. The van der Waals surface area contributed by atoms with Crippen molar-refractivity contribution in [1.82, 2.24) is 10.6 Å². The van der Waals surface area contributed by atoms with Gasteiger partial charge in [-0.2, -0.15) is 0 Å². The van der Waals surface area contributed by atoms with E-state index in [9.17, 15) is 4.79 Å². The molecule has 0 bridgehead atoms. The fourth-order valence-corrected chi connectivity index (χ4v) is 1.71. The Morgan fingerprint density at radius 1 is 1.11 bits per heavy atom. The number of nitrogens with one attached hydrogen (secondary N) is 2. The largest absolute Gasteiger partial charge is 0.338 e. The van der Waals surface area contributed by atoms with Crippen LogP contribution in [-0.4, -0.2) is 19.1 Å². The molecule has 0 fully saturated rings. The average molecular weight is 248 g/mol. The minimum Gasteiger partial charge on any atom is -0.338 e. The standard InChI is InChI=1S/C15H24N2O/c1-5-16-14(18)17-11-10-12-6-8-13(9-7-12)15(2,3)4/h6-9H,5,10-11H2,1-4H3,(H2,16,17,18). The van der Waals surface area contributed by atoms with Gasteiger partial charge in [-0.25, -0.2) is 4.79 Å². The van der Waals surface area contributed by atoms with Crippen molar-refractivity contribution in [1.29, 1.82) is 0 Å². The fraction of sp³-hybridized carbons (Fsp3) is 0.533. The van der Waals surface area contributed by atoms with Gasteiger partial charge < -0.3 is 10.6 Å². The van der Waals surface area contributed by atoms with Crippen LogP contribution in [0.5, 0.6) is 0 Å². The van der Waals surface area contributed by atoms with Gasteiger partial charge in [-0.1, -0.05) is 45.0 Å². The van der Waals surface area contributed by atoms with E-state index in [-0.39, 0.29) is 11.4 Å². The summed E-state index contributed by atoms with van der Waals surface area (Å²) in [5.41, 5.74) is 2.78. The third-order valence-corrected chi connectivity index (χ3v) is 2.86. The van der Waals surface area contributed by atoms with Gasteiger partial charge >= 0.3 is 6.03 Å². The van der Waals surface area contributed by atoms with E-state index >= 15 is 0 Å². The van der Waals surface area contributed by atoms with Gasteiger partial charge in [-0.15, -0.1) is 0 Å². The van der Waals surface area contributed by atoms with E-state index in [0.717, 1.165) is 6.42 Å². The van der Waals surface area contributed by atoms with Crippen LogP contribution in [0, 0.1) is 0 Å². The number of rotatable bonds is 4. The number of carbonyl (C=O) groups excluding carboxylic acids is 1. The minimum absolute atomic E-state index is 0.0937. The summed E-state index contributed by atoms with van der Waals surface area (Å²) in [6.07, 6.45) is 0.863. The molecule has 0 radical (unpaired) electrons. The number of hydrogen-bond donors (Lipinski definition) is 2. The van der Waals surface area contributed by atoms with Crippen molar-refractivity contribution in [2.75, 3.05) is 13.1 Å². The van der Waals surface area contributed by atoms with Crippen LogP contribution < -0.4 is 10.6 Å². The first-order valence-electron chi connectivity index (χ1n) is 6.54. The van der Waals surface area contributed by atoms with E-state index in [2.05, 4.69) is 55.7 Å². The highest BCUT2D eigenvalue weighted by Crippen LogP contribution is 2.22. The topological polar surface area (TPSA) is 41.1 Å². The SMILES string of the molecule is CCNC(=O)NCCc1ccc(C(C)(C)C)cc1. The lowest BCUT2D eigenvalue weighted by Gasteiger charge is -2.19. The van der Waals surface area contributed by atoms with Gasteiger partial charge in [0.2, 0.25) is 0 Å². The zero-order valence-corrected chi connectivity index (χ0v) is 11.8. The number of hydrogen-bond acceptors (Lipinski definition) is 1. The number of carbonyl (C=O) groups is 1. The van der Waals surface area contributed by atoms with E-state index in [1.54, 1.807) is 0 Å². The summed E-state index contributed by atoms with van der Waals surface area (Å²) in [7, 11) is 0. The number of urea groups is 1. The molecule has 0 atom stereocenters. The first-order chi connectivity index (χ1) is 8.43. The molecule has 0 unspecified atom stereocenters. The molecular weight excluding hydrogens is 224 g/mol. The predicted molar refractivity (Wildman–Crippen MR) is 75.9 cm³/mol. The highest BCUT2D eigenvalue weighted by Gasteiger charge is 2.12. The molecule has 2 amide bonds. The molecule has 0 aliphatic carbocycles. The molecule has 2 N–H and O–H groups in total. The van der Waals surface area contributed by atoms with Crippen LogP contribution in [0.25, 0.3) is 0 Å². The summed E-state index contributed by atoms with van der Waals surface area (Å²) >= 11 is 0. The fourth-order valence-electron chi connectivity index (χ4n) is 1.71. The molecule has 1 rings (SSSR count). The van der Waals surface area contributed by atoms with E-state index in [1.807, 2.05) is 6.92 Å². The van der Waals surface area contributed by atoms with Crippen molar-refractivity contribution in [3.63, 3.8) is 0 Å². The summed E-state index contributed by atoms with van der Waals surface area (Å²) in [5, 5.41) is 5.54. The maximum Gasteiger partial charge on any atom is 0.314 e. The van der Waals surface area contributed by atoms with Gasteiger partial charge in [-0.3, -0.25) is 0 Å². The molecule has 18 heavy (non-hydrogen) atoms. The maximum absolute atomic E-state index is 11.2. The van der Waals surface area contributed by atoms with Gasteiger partial charge in [0.15, 0.2) is 0 Å². The lowest BCUT2D eigenvalue weighted by Crippen LogP contribution is -2.36. The Hall–Kier alpha value is -1.51. The molecule has 1 aromatic rings. The van der Waals surface area contributed by atoms with E-state index in [0.29, 0.717) is 13.1 Å². The van der Waals surface area contributed by atoms with E-state index in [4.69, 9.17) is 0 Å². The summed E-state index contributed by atoms with van der Waals surface area (Å²) in [6.45, 7) is 9.85. The molecule has 0 saturated heterocycles. The van der Waals surface area contributed by atoms with Crippen LogP contribution in [0.4, 0.5) is 4.79 Å². The van der Waals surface area contributed by atoms with Crippen molar-refractivity contribution in [2.24, 2.45) is 0 Å². The molecule has 0 aromatic heterocycles. The Morgan fingerprint density at radius 2 is 1.72 bits per heavy atom. The molecule has 3 heteroatoms. The first kappa shape index (κ1) is 14.6. The lowest BCUT2D eigenvalue weighted by molar-refractivity contribution is 0.241. The van der Waals surface area contributed by atoms with Gasteiger partial charge in [0.05, 0.1) is 0 Å². The molecule has 0 heterocycles. The molecule has 3 nitrogen and oxygen atoms in total. The molecule has 0 spiro atoms. The lowest BCUT2D eigenvalue weighted by atomic mass is 9.86. The Morgan fingerprint density at radius 3 is 2.22 bits per heavy atom. The third-order valence-electron chi connectivity index (χ3n) is 2.86. The van der Waals surface area contributed by atoms with Crippen molar-refractivity contribution in [3.05, 3.63) is 35.4 Å². The highest BCUT2D eigenvalue weighted by molar-refractivity contribution is 5.73. The van der Waals surface area contributed by atoms with Crippen molar-refractivity contribution < 1.29 is 4.79 Å². The first-order valence-corrected chi connectivity index (χ1v) is 6.54. The Labute approximate surface area is 110 Å². The summed E-state index contributed by atoms with van der Waals surface area (Å²) in [6, 6.07) is 8.52. The van der Waals surface area contributed by atoms with Gasteiger partial charge in [-0.05, 0) is 29.9 Å². The van der Waals surface area contributed by atoms with Crippen molar-refractivity contribution in [3.8, 4) is 0 Å². The quantitative estimate of drug-likeness (QED) is 0.845. The molecule has 1 aromatic carbocycles. The smallest absolute Gasteiger partial charge is 0.314 e. The van der Waals surface area contributed by atoms with Crippen LogP contribution in [0.15, 0.2) is 24.3 Å². The van der Waals surface area contributed by atoms with Crippen LogP contribution in [0.1, 0.15) is 38.8 Å². The maximum atomic E-state index is 11.2. The summed E-state index contributed by atoms with van der Waals surface area (Å²) in [5.74, 6) is 0. The van der Waals surface area contributed by atoms with Crippen molar-refractivity contribution >= 4 is 6.03 Å². The second kappa shape index (κ2) is 6.43. The summed E-state index contributed by atoms with van der Waals surface area (Å²) in [4.78, 5) is 11.2. The monoisotopic (exact) mass is 248 g/mol. The minimum atomic E-state index is -0.0937. The van der Waals surface area contributed by atoms with Gasteiger partial charge in [0, 0.05) is 13.1 Å².